The molecule has 0 saturated carbocycles. The van der Waals surface area contributed by atoms with Crippen LogP contribution in [0.3, 0.4) is 0 Å². The van der Waals surface area contributed by atoms with Crippen molar-refractivity contribution < 1.29 is 9.90 Å². The van der Waals surface area contributed by atoms with Crippen molar-refractivity contribution in [2.45, 2.75) is 0 Å². The van der Waals surface area contributed by atoms with Gasteiger partial charge in [0.05, 0.1) is 6.26 Å². The predicted molar refractivity (Wildman–Crippen MR) is 30.5 cm³/mol. The number of nitrogens with zero attached hydrogens (tertiary/aromatic N) is 1. The monoisotopic (exact) mass is 115 g/mol. The molecule has 0 unspecified atom stereocenters. The lowest BCUT2D eigenvalue weighted by Crippen LogP contribution is -2.18. The fraction of sp³-hybridized carbons (Fsp3) is 0.400. The number of hydrogen-bond acceptors (Lipinski definition) is 2. The minimum absolute atomic E-state index is 0.215. The van der Waals surface area contributed by atoms with Gasteiger partial charge in [0, 0.05) is 20.2 Å². The smallest absolute Gasteiger partial charge is 0.249 e. The van der Waals surface area contributed by atoms with Gasteiger partial charge in [-0.3, -0.25) is 4.79 Å². The Morgan fingerprint density at radius 3 is 2.25 bits per heavy atom. The van der Waals surface area contributed by atoms with E-state index in [1.54, 1.807) is 14.1 Å². The lowest BCUT2D eigenvalue weighted by atomic mass is 10.5. The fourth-order valence-corrected chi connectivity index (χ4v) is 0.213. The summed E-state index contributed by atoms with van der Waals surface area (Å²) in [6, 6.07) is 0. The second kappa shape index (κ2) is 3.07. The highest BCUT2D eigenvalue weighted by Gasteiger charge is 1.93. The van der Waals surface area contributed by atoms with Crippen LogP contribution in [0.15, 0.2) is 12.3 Å². The van der Waals surface area contributed by atoms with Crippen molar-refractivity contribution in [2.24, 2.45) is 0 Å². The molecular formula is C5H9NO2. The van der Waals surface area contributed by atoms with Crippen LogP contribution in [0.2, 0.25) is 0 Å². The molecule has 0 radical (unpaired) electrons. The van der Waals surface area contributed by atoms with Crippen molar-refractivity contribution in [1.29, 1.82) is 0 Å². The number of likely N-dealkylation sites (N-methyl/N-ethyl adjacent to an activating group) is 1. The summed E-state index contributed by atoms with van der Waals surface area (Å²) in [7, 11) is 3.23. The average molecular weight is 115 g/mol. The molecule has 46 valence electrons. The zero-order valence-corrected chi connectivity index (χ0v) is 4.96. The van der Waals surface area contributed by atoms with Crippen LogP contribution in [0.1, 0.15) is 0 Å². The van der Waals surface area contributed by atoms with Crippen molar-refractivity contribution in [3.63, 3.8) is 0 Å². The van der Waals surface area contributed by atoms with E-state index in [9.17, 15) is 4.79 Å². The van der Waals surface area contributed by atoms with Crippen molar-refractivity contribution in [1.82, 2.24) is 4.90 Å². The Morgan fingerprint density at radius 1 is 1.62 bits per heavy atom. The fourth-order valence-electron chi connectivity index (χ4n) is 0.213. The van der Waals surface area contributed by atoms with E-state index in [0.717, 1.165) is 12.3 Å². The van der Waals surface area contributed by atoms with Crippen LogP contribution in [0.25, 0.3) is 0 Å². The number of carbonyl (C=O) groups is 1. The average Bonchev–Trinajstić information content (AvgIpc) is 1.67. The van der Waals surface area contributed by atoms with E-state index in [1.807, 2.05) is 0 Å². The molecule has 0 aromatic carbocycles. The van der Waals surface area contributed by atoms with E-state index in [4.69, 9.17) is 5.11 Å². The van der Waals surface area contributed by atoms with E-state index >= 15 is 0 Å². The normalized spacial score (nSPS) is 9.75. The molecule has 1 N–H and O–H groups in total. The quantitative estimate of drug-likeness (QED) is 0.390. The van der Waals surface area contributed by atoms with E-state index in [-0.39, 0.29) is 5.91 Å². The largest absolute Gasteiger partial charge is 0.515 e. The number of amides is 1. The number of aliphatic hydroxyl groups is 1. The van der Waals surface area contributed by atoms with Gasteiger partial charge in [-0.2, -0.15) is 0 Å². The second-order valence-corrected chi connectivity index (χ2v) is 1.55. The summed E-state index contributed by atoms with van der Waals surface area (Å²) in [4.78, 5) is 11.8. The van der Waals surface area contributed by atoms with Gasteiger partial charge in [0.1, 0.15) is 0 Å². The van der Waals surface area contributed by atoms with Crippen molar-refractivity contribution >= 4 is 5.91 Å². The van der Waals surface area contributed by atoms with Crippen molar-refractivity contribution in [2.75, 3.05) is 14.1 Å². The first-order valence-electron chi connectivity index (χ1n) is 2.20. The molecule has 3 nitrogen and oxygen atoms in total. The van der Waals surface area contributed by atoms with E-state index in [2.05, 4.69) is 0 Å². The van der Waals surface area contributed by atoms with Crippen LogP contribution in [0, 0.1) is 0 Å². The molecule has 0 aliphatic carbocycles. The molecular weight excluding hydrogens is 106 g/mol. The lowest BCUT2D eigenvalue weighted by molar-refractivity contribution is -0.123. The molecule has 0 aliphatic heterocycles. The second-order valence-electron chi connectivity index (χ2n) is 1.55. The number of hydrogen-bond donors (Lipinski definition) is 1. The first kappa shape index (κ1) is 7.01. The number of rotatable bonds is 1. The lowest BCUT2D eigenvalue weighted by Gasteiger charge is -2.03. The maximum Gasteiger partial charge on any atom is 0.249 e. The minimum atomic E-state index is -0.215. The van der Waals surface area contributed by atoms with Crippen LogP contribution < -0.4 is 0 Å². The molecule has 8 heavy (non-hydrogen) atoms. The summed E-state index contributed by atoms with van der Waals surface area (Å²) in [6.45, 7) is 0. The molecule has 0 aliphatic rings. The summed E-state index contributed by atoms with van der Waals surface area (Å²) in [6.07, 6.45) is 1.81. The Morgan fingerprint density at radius 2 is 2.12 bits per heavy atom. The van der Waals surface area contributed by atoms with Crippen LogP contribution in [-0.2, 0) is 4.79 Å². The molecule has 0 saturated heterocycles. The first-order valence-corrected chi connectivity index (χ1v) is 2.20. The van der Waals surface area contributed by atoms with Gasteiger partial charge in [0.25, 0.3) is 0 Å². The topological polar surface area (TPSA) is 40.5 Å². The first-order chi connectivity index (χ1) is 3.68. The van der Waals surface area contributed by atoms with Crippen molar-refractivity contribution in [3.05, 3.63) is 12.3 Å². The molecule has 0 fully saturated rings. The summed E-state index contributed by atoms with van der Waals surface area (Å²) < 4.78 is 0. The summed E-state index contributed by atoms with van der Waals surface area (Å²) >= 11 is 0. The Balaban J connectivity index is 3.66. The van der Waals surface area contributed by atoms with Crippen LogP contribution in [-0.4, -0.2) is 30.0 Å². The Hall–Kier alpha value is -0.990. The van der Waals surface area contributed by atoms with Gasteiger partial charge >= 0.3 is 0 Å². The summed E-state index contributed by atoms with van der Waals surface area (Å²) in [5.74, 6) is -0.215. The zero-order chi connectivity index (χ0) is 6.57. The highest BCUT2D eigenvalue weighted by Crippen LogP contribution is 1.77. The van der Waals surface area contributed by atoms with Gasteiger partial charge < -0.3 is 10.0 Å². The Labute approximate surface area is 48.2 Å². The van der Waals surface area contributed by atoms with Gasteiger partial charge in [-0.15, -0.1) is 0 Å². The molecule has 0 rings (SSSR count). The molecule has 0 aromatic rings. The van der Waals surface area contributed by atoms with Gasteiger partial charge in [-0.05, 0) is 0 Å². The maximum atomic E-state index is 10.4. The summed E-state index contributed by atoms with van der Waals surface area (Å²) in [5.41, 5.74) is 0. The van der Waals surface area contributed by atoms with Gasteiger partial charge in [0.2, 0.25) is 5.91 Å². The van der Waals surface area contributed by atoms with Crippen LogP contribution in [0.5, 0.6) is 0 Å². The zero-order valence-electron chi connectivity index (χ0n) is 4.96. The number of carbonyl (C=O) groups excluding carboxylic acids is 1. The molecule has 0 spiro atoms. The Kier molecular flexibility index (Phi) is 2.69. The highest BCUT2D eigenvalue weighted by molar-refractivity contribution is 5.86. The third-order valence-corrected chi connectivity index (χ3v) is 0.658. The molecule has 0 aromatic heterocycles. The van der Waals surface area contributed by atoms with Gasteiger partial charge in [-0.25, -0.2) is 0 Å². The van der Waals surface area contributed by atoms with Crippen molar-refractivity contribution in [3.8, 4) is 0 Å². The summed E-state index contributed by atoms with van der Waals surface area (Å²) in [5, 5.41) is 8.06. The Bertz CT molecular complexity index is 107. The van der Waals surface area contributed by atoms with E-state index in [1.165, 1.54) is 4.90 Å². The molecule has 0 atom stereocenters. The highest BCUT2D eigenvalue weighted by atomic mass is 16.2. The molecule has 1 amide bonds. The van der Waals surface area contributed by atoms with Crippen LogP contribution >= 0.6 is 0 Å². The van der Waals surface area contributed by atoms with Gasteiger partial charge in [-0.1, -0.05) is 0 Å². The SMILES string of the molecule is CN(C)C(=O)/C=C\O. The van der Waals surface area contributed by atoms with E-state index < -0.39 is 0 Å². The molecule has 0 heterocycles. The third-order valence-electron chi connectivity index (χ3n) is 0.658. The maximum absolute atomic E-state index is 10.4. The molecule has 0 bridgehead atoms. The standard InChI is InChI=1S/C5H9NO2/c1-6(2)5(8)3-4-7/h3-4,7H,1-2H3/b4-3-. The minimum Gasteiger partial charge on any atom is -0.515 e. The predicted octanol–water partition coefficient (Wildman–Crippen LogP) is 0.146. The third kappa shape index (κ3) is 2.23. The van der Waals surface area contributed by atoms with Crippen LogP contribution in [0.4, 0.5) is 0 Å². The number of aliphatic hydroxyl groups excluding tert-OH is 1. The van der Waals surface area contributed by atoms with Gasteiger partial charge in [0.15, 0.2) is 0 Å². The molecule has 3 heteroatoms. The van der Waals surface area contributed by atoms with E-state index in [0.29, 0.717) is 0 Å².